The summed E-state index contributed by atoms with van der Waals surface area (Å²) in [7, 11) is 0. The van der Waals surface area contributed by atoms with E-state index >= 15 is 4.39 Å². The van der Waals surface area contributed by atoms with Crippen molar-refractivity contribution in [3.8, 4) is 0 Å². The molecule has 61 heavy (non-hydrogen) atoms. The molecule has 0 bridgehead atoms. The molecule has 1 aromatic heterocycles. The summed E-state index contributed by atoms with van der Waals surface area (Å²) in [6, 6.07) is 14.8. The lowest BCUT2D eigenvalue weighted by atomic mass is 9.44. The van der Waals surface area contributed by atoms with Crippen molar-refractivity contribution in [1.29, 1.82) is 0 Å². The number of nitrogens with zero attached hydrogens (tertiary/aromatic N) is 1. The fourth-order valence-corrected chi connectivity index (χ4v) is 11.5. The Kier molecular flexibility index (Phi) is 11.2. The molecule has 0 radical (unpaired) electrons. The molecule has 0 spiro atoms. The SMILES string of the molecule is CC[C@@H]1C[C@H]2[C@@H]3CCC4=CC(=O)C=C[C@]4(C)[C@@]3(F)[C@@H](O)C[C@]2(C)[C@@]1(O)C(=O)COC(=O)C1CC1C(=O)OCCc1ccc(C(CN)C(=O)Nc2ccc3cnccc3c2)cc1. The number of Topliss-reactive ketones (excluding diaryl/α,β-unsaturated/α-hetero) is 1. The normalized spacial score (nSPS) is 34.0. The second-order valence-electron chi connectivity index (χ2n) is 18.2. The van der Waals surface area contributed by atoms with Gasteiger partial charge in [-0.25, -0.2) is 4.39 Å². The maximum absolute atomic E-state index is 17.6. The number of aliphatic hydroxyl groups is 2. The van der Waals surface area contributed by atoms with E-state index in [0.717, 1.165) is 21.9 Å². The van der Waals surface area contributed by atoms with E-state index < -0.39 is 88.0 Å². The summed E-state index contributed by atoms with van der Waals surface area (Å²) in [6.07, 6.45) is 8.35. The van der Waals surface area contributed by atoms with Gasteiger partial charge in [0, 0.05) is 53.2 Å². The highest BCUT2D eigenvalue weighted by molar-refractivity contribution is 6.01. The van der Waals surface area contributed by atoms with E-state index in [4.69, 9.17) is 15.2 Å². The molecule has 322 valence electrons. The summed E-state index contributed by atoms with van der Waals surface area (Å²) in [5.41, 5.74) is 2.43. The lowest BCUT2D eigenvalue weighted by molar-refractivity contribution is -0.220. The van der Waals surface area contributed by atoms with Gasteiger partial charge in [-0.2, -0.15) is 0 Å². The molecule has 5 aliphatic rings. The number of alkyl halides is 1. The molecule has 13 heteroatoms. The lowest BCUT2D eigenvalue weighted by Crippen LogP contribution is -2.69. The van der Waals surface area contributed by atoms with E-state index in [1.165, 1.54) is 12.2 Å². The summed E-state index contributed by atoms with van der Waals surface area (Å²) in [4.78, 5) is 69.5. The number of nitrogens with one attached hydrogen (secondary N) is 1. The Hall–Kier alpha value is -5.11. The number of benzene rings is 2. The van der Waals surface area contributed by atoms with Crippen molar-refractivity contribution in [3.63, 3.8) is 0 Å². The van der Waals surface area contributed by atoms with Gasteiger partial charge in [0.05, 0.1) is 30.5 Å². The maximum Gasteiger partial charge on any atom is 0.310 e. The van der Waals surface area contributed by atoms with Gasteiger partial charge < -0.3 is 30.7 Å². The number of nitrogens with two attached hydrogens (primary N) is 1. The Morgan fingerprint density at radius 2 is 1.74 bits per heavy atom. The Labute approximate surface area is 354 Å². The van der Waals surface area contributed by atoms with Gasteiger partial charge in [-0.1, -0.05) is 62.2 Å². The number of hydrogen-bond acceptors (Lipinski definition) is 11. The zero-order chi connectivity index (χ0) is 43.5. The quantitative estimate of drug-likeness (QED) is 0.159. The average Bonchev–Trinajstić information content (AvgIpc) is 4.02. The molecular weight excluding hydrogens is 782 g/mol. The molecule has 0 aliphatic heterocycles. The predicted molar refractivity (Wildman–Crippen MR) is 223 cm³/mol. The first kappa shape index (κ1) is 42.6. The third-order valence-corrected chi connectivity index (χ3v) is 15.2. The summed E-state index contributed by atoms with van der Waals surface area (Å²) >= 11 is 0. The van der Waals surface area contributed by atoms with Gasteiger partial charge in [0.1, 0.15) is 5.60 Å². The fourth-order valence-electron chi connectivity index (χ4n) is 11.5. The number of rotatable bonds is 13. The maximum atomic E-state index is 17.6. The molecule has 3 unspecified atom stereocenters. The fraction of sp³-hybridized carbons (Fsp3) is 0.500. The molecule has 11 atom stereocenters. The van der Waals surface area contributed by atoms with Crippen LogP contribution in [0.2, 0.25) is 0 Å². The topological polar surface area (TPSA) is 195 Å². The third kappa shape index (κ3) is 7.02. The number of ketones is 2. The van der Waals surface area contributed by atoms with Crippen LogP contribution in [0, 0.1) is 40.4 Å². The van der Waals surface area contributed by atoms with Crippen LogP contribution in [0.3, 0.4) is 0 Å². The Bertz CT molecular complexity index is 2330. The highest BCUT2D eigenvalue weighted by Gasteiger charge is 2.76. The van der Waals surface area contributed by atoms with Crippen molar-refractivity contribution in [1.82, 2.24) is 4.98 Å². The monoisotopic (exact) mass is 835 g/mol. The number of amides is 1. The van der Waals surface area contributed by atoms with E-state index in [-0.39, 0.29) is 37.7 Å². The molecule has 1 amide bonds. The average molecular weight is 836 g/mol. The molecule has 5 N–H and O–H groups in total. The number of aromatic nitrogens is 1. The van der Waals surface area contributed by atoms with Crippen LogP contribution in [0.15, 0.2) is 84.7 Å². The molecule has 8 rings (SSSR count). The van der Waals surface area contributed by atoms with E-state index in [1.807, 2.05) is 55.5 Å². The van der Waals surface area contributed by atoms with Crippen LogP contribution in [0.4, 0.5) is 10.1 Å². The first-order valence-corrected chi connectivity index (χ1v) is 21.4. The number of hydrogen-bond donors (Lipinski definition) is 4. The zero-order valence-corrected chi connectivity index (χ0v) is 34.8. The number of carbonyl (C=O) groups is 5. The number of pyridine rings is 1. The van der Waals surface area contributed by atoms with E-state index in [2.05, 4.69) is 10.3 Å². The Morgan fingerprint density at radius 1 is 1.00 bits per heavy atom. The minimum Gasteiger partial charge on any atom is -0.465 e. The van der Waals surface area contributed by atoms with Crippen molar-refractivity contribution >= 4 is 45.9 Å². The molecule has 12 nitrogen and oxygen atoms in total. The molecule has 0 saturated heterocycles. The minimum atomic E-state index is -2.11. The predicted octanol–water partition coefficient (Wildman–Crippen LogP) is 5.49. The van der Waals surface area contributed by atoms with Crippen molar-refractivity contribution in [2.24, 2.45) is 46.2 Å². The van der Waals surface area contributed by atoms with Gasteiger partial charge in [0.2, 0.25) is 11.7 Å². The van der Waals surface area contributed by atoms with E-state index in [0.29, 0.717) is 43.4 Å². The summed E-state index contributed by atoms with van der Waals surface area (Å²) in [5, 5.41) is 28.9. The number of fused-ring (bicyclic) bond motifs is 6. The van der Waals surface area contributed by atoms with Gasteiger partial charge >= 0.3 is 11.9 Å². The van der Waals surface area contributed by atoms with Crippen molar-refractivity contribution in [3.05, 3.63) is 95.9 Å². The molecule has 1 heterocycles. The van der Waals surface area contributed by atoms with Crippen molar-refractivity contribution in [2.45, 2.75) is 89.0 Å². The van der Waals surface area contributed by atoms with Crippen LogP contribution >= 0.6 is 0 Å². The third-order valence-electron chi connectivity index (χ3n) is 15.2. The highest BCUT2D eigenvalue weighted by atomic mass is 19.1. The summed E-state index contributed by atoms with van der Waals surface area (Å²) < 4.78 is 28.5. The smallest absolute Gasteiger partial charge is 0.310 e. The van der Waals surface area contributed by atoms with Gasteiger partial charge in [0.15, 0.2) is 18.1 Å². The number of carbonyl (C=O) groups excluding carboxylic acids is 5. The number of esters is 2. The van der Waals surface area contributed by atoms with Crippen LogP contribution in [-0.4, -0.2) is 81.7 Å². The van der Waals surface area contributed by atoms with Crippen LogP contribution in [-0.2, 0) is 39.9 Å². The largest absolute Gasteiger partial charge is 0.465 e. The number of aliphatic hydroxyl groups excluding tert-OH is 1. The number of halogens is 1. The standard InChI is InChI=1S/C48H54FN3O9/c1-4-31-21-39-38-12-10-32-20-34(53)13-16-45(32,2)47(38,49)40(54)23-46(39,3)48(31,59)41(55)26-61-44(58)36-22-35(36)43(57)60-18-15-27-5-7-28(8-6-27)37(24-50)42(56)52-33-11-9-30-25-51-17-14-29(30)19-33/h5-9,11,13-14,16-17,19-20,25,31,35-40,54,59H,4,10,12,15,18,21-24,26,50H2,1-3H3,(H,52,56)/t31-,35?,36?,37?,38+,39+,40+,45+,46+,47+,48+/m1/s1. The Morgan fingerprint density at radius 3 is 2.46 bits per heavy atom. The second-order valence-corrected chi connectivity index (χ2v) is 18.2. The number of anilines is 1. The summed E-state index contributed by atoms with van der Waals surface area (Å²) in [6.45, 7) is 4.77. The number of allylic oxidation sites excluding steroid dienone is 4. The second kappa shape index (κ2) is 16.0. The first-order valence-electron chi connectivity index (χ1n) is 21.4. The Balaban J connectivity index is 0.824. The molecule has 4 fully saturated rings. The van der Waals surface area contributed by atoms with Crippen LogP contribution < -0.4 is 11.1 Å². The highest BCUT2D eigenvalue weighted by Crippen LogP contribution is 2.71. The lowest BCUT2D eigenvalue weighted by Gasteiger charge is -2.62. The van der Waals surface area contributed by atoms with Crippen molar-refractivity contribution in [2.75, 3.05) is 25.1 Å². The molecule has 3 aromatic rings. The number of ether oxygens (including phenoxy) is 2. The van der Waals surface area contributed by atoms with Crippen LogP contribution in [0.5, 0.6) is 0 Å². The zero-order valence-electron chi connectivity index (χ0n) is 34.8. The van der Waals surface area contributed by atoms with E-state index in [1.54, 1.807) is 32.3 Å². The van der Waals surface area contributed by atoms with Gasteiger partial charge in [-0.3, -0.25) is 29.0 Å². The van der Waals surface area contributed by atoms with E-state index in [9.17, 15) is 34.2 Å². The molecule has 5 aliphatic carbocycles. The molecule has 2 aromatic carbocycles. The minimum absolute atomic E-state index is 0.0661. The van der Waals surface area contributed by atoms with Gasteiger partial charge in [-0.15, -0.1) is 0 Å². The molecular formula is C48H54FN3O9. The summed E-state index contributed by atoms with van der Waals surface area (Å²) in [5.74, 6) is -6.19. The van der Waals surface area contributed by atoms with Gasteiger partial charge in [-0.05, 0) is 97.7 Å². The van der Waals surface area contributed by atoms with Crippen LogP contribution in [0.1, 0.15) is 76.3 Å². The van der Waals surface area contributed by atoms with Crippen molar-refractivity contribution < 1.29 is 48.0 Å². The molecule has 4 saturated carbocycles. The van der Waals surface area contributed by atoms with Crippen LogP contribution in [0.25, 0.3) is 10.8 Å². The van der Waals surface area contributed by atoms with Gasteiger partial charge in [0.25, 0.3) is 0 Å². The first-order chi connectivity index (χ1) is 29.1.